The van der Waals surface area contributed by atoms with Crippen molar-refractivity contribution in [3.63, 3.8) is 0 Å². The zero-order chi connectivity index (χ0) is 19.4. The molecule has 0 aromatic carbocycles. The fraction of sp³-hybridized carbons (Fsp3) is 0.882. The first kappa shape index (κ1) is 20.8. The van der Waals surface area contributed by atoms with Crippen molar-refractivity contribution in [2.24, 2.45) is 10.9 Å². The van der Waals surface area contributed by atoms with Crippen LogP contribution in [0.1, 0.15) is 40.5 Å². The second kappa shape index (κ2) is 8.45. The lowest BCUT2D eigenvalue weighted by Crippen LogP contribution is -2.44. The molecule has 2 N–H and O–H groups in total. The van der Waals surface area contributed by atoms with Crippen LogP contribution in [0.3, 0.4) is 0 Å². The van der Waals surface area contributed by atoms with E-state index in [0.717, 1.165) is 25.5 Å². The van der Waals surface area contributed by atoms with Crippen LogP contribution in [0, 0.1) is 5.92 Å². The standard InChI is InChI=1S/C17H32N4O4S/c1-5-18-15(19-10-13-7-9-26(23,24)12-13)21-8-6-14(11-21)20-16(22)25-17(2,3)4/h13-14H,5-12H2,1-4H3,(H,18,19)(H,20,22). The van der Waals surface area contributed by atoms with Gasteiger partial charge in [-0.05, 0) is 46.5 Å². The van der Waals surface area contributed by atoms with Crippen LogP contribution >= 0.6 is 0 Å². The average molecular weight is 389 g/mol. The summed E-state index contributed by atoms with van der Waals surface area (Å²) in [7, 11) is -2.88. The van der Waals surface area contributed by atoms with Gasteiger partial charge in [0.05, 0.1) is 17.5 Å². The monoisotopic (exact) mass is 388 g/mol. The molecule has 2 saturated heterocycles. The molecule has 2 heterocycles. The number of hydrogen-bond donors (Lipinski definition) is 2. The zero-order valence-electron chi connectivity index (χ0n) is 16.2. The lowest BCUT2D eigenvalue weighted by atomic mass is 10.1. The first-order valence-electron chi connectivity index (χ1n) is 9.31. The predicted molar refractivity (Wildman–Crippen MR) is 102 cm³/mol. The van der Waals surface area contributed by atoms with E-state index in [0.29, 0.717) is 19.5 Å². The largest absolute Gasteiger partial charge is 0.444 e. The van der Waals surface area contributed by atoms with Crippen molar-refractivity contribution < 1.29 is 17.9 Å². The van der Waals surface area contributed by atoms with Crippen LogP contribution in [0.2, 0.25) is 0 Å². The molecule has 8 nitrogen and oxygen atoms in total. The minimum absolute atomic E-state index is 0.0144. The van der Waals surface area contributed by atoms with Gasteiger partial charge in [-0.3, -0.25) is 4.99 Å². The van der Waals surface area contributed by atoms with Crippen molar-refractivity contribution in [2.75, 3.05) is 37.7 Å². The van der Waals surface area contributed by atoms with Crippen molar-refractivity contribution in [3.05, 3.63) is 0 Å². The summed E-state index contributed by atoms with van der Waals surface area (Å²) in [5, 5.41) is 6.17. The van der Waals surface area contributed by atoms with E-state index in [-0.39, 0.29) is 23.5 Å². The molecule has 150 valence electrons. The van der Waals surface area contributed by atoms with E-state index in [1.807, 2.05) is 27.7 Å². The van der Waals surface area contributed by atoms with Gasteiger partial charge >= 0.3 is 6.09 Å². The van der Waals surface area contributed by atoms with E-state index in [1.165, 1.54) is 0 Å². The third-order valence-corrected chi connectivity index (χ3v) is 6.21. The average Bonchev–Trinajstić information content (AvgIpc) is 3.08. The van der Waals surface area contributed by atoms with Gasteiger partial charge in [0.2, 0.25) is 0 Å². The topological polar surface area (TPSA) is 100 Å². The smallest absolute Gasteiger partial charge is 0.407 e. The van der Waals surface area contributed by atoms with E-state index < -0.39 is 21.5 Å². The van der Waals surface area contributed by atoms with Crippen LogP contribution in [-0.4, -0.2) is 74.7 Å². The third kappa shape index (κ3) is 6.66. The minimum Gasteiger partial charge on any atom is -0.444 e. The minimum atomic E-state index is -2.88. The highest BCUT2D eigenvalue weighted by atomic mass is 32.2. The maximum absolute atomic E-state index is 11.9. The summed E-state index contributed by atoms with van der Waals surface area (Å²) in [6.45, 7) is 10.2. The number of nitrogens with zero attached hydrogens (tertiary/aromatic N) is 2. The fourth-order valence-electron chi connectivity index (χ4n) is 3.20. The second-order valence-electron chi connectivity index (χ2n) is 8.04. The fourth-order valence-corrected chi connectivity index (χ4v) is 5.05. The van der Waals surface area contributed by atoms with Crippen LogP contribution in [0.15, 0.2) is 4.99 Å². The zero-order valence-corrected chi connectivity index (χ0v) is 17.1. The Bertz CT molecular complexity index is 627. The predicted octanol–water partition coefficient (Wildman–Crippen LogP) is 0.986. The highest BCUT2D eigenvalue weighted by Gasteiger charge is 2.30. The molecule has 2 aliphatic rings. The Labute approximate surface area is 156 Å². The van der Waals surface area contributed by atoms with E-state index in [9.17, 15) is 13.2 Å². The normalized spacial score (nSPS) is 26.0. The van der Waals surface area contributed by atoms with E-state index in [2.05, 4.69) is 20.5 Å². The molecular formula is C17H32N4O4S. The highest BCUT2D eigenvalue weighted by Crippen LogP contribution is 2.19. The number of amides is 1. The number of carbonyl (C=O) groups excluding carboxylic acids is 1. The molecule has 0 aromatic heterocycles. The van der Waals surface area contributed by atoms with Crippen molar-refractivity contribution in [1.29, 1.82) is 0 Å². The summed E-state index contributed by atoms with van der Waals surface area (Å²) in [6, 6.07) is 0.0144. The Morgan fingerprint density at radius 1 is 1.31 bits per heavy atom. The number of hydrogen-bond acceptors (Lipinski definition) is 5. The van der Waals surface area contributed by atoms with Crippen LogP contribution in [0.5, 0.6) is 0 Å². The van der Waals surface area contributed by atoms with Crippen molar-refractivity contribution >= 4 is 21.9 Å². The molecule has 2 aliphatic heterocycles. The molecule has 1 amide bonds. The molecule has 0 radical (unpaired) electrons. The summed E-state index contributed by atoms with van der Waals surface area (Å²) >= 11 is 0. The van der Waals surface area contributed by atoms with Crippen LogP contribution in [0.25, 0.3) is 0 Å². The van der Waals surface area contributed by atoms with E-state index in [1.54, 1.807) is 0 Å². The summed E-state index contributed by atoms with van der Waals surface area (Å²) in [6.07, 6.45) is 1.11. The van der Waals surface area contributed by atoms with E-state index >= 15 is 0 Å². The summed E-state index contributed by atoms with van der Waals surface area (Å²) in [5.74, 6) is 1.39. The Kier molecular flexibility index (Phi) is 6.76. The number of ether oxygens (including phenoxy) is 1. The molecule has 26 heavy (non-hydrogen) atoms. The van der Waals surface area contributed by atoms with Crippen molar-refractivity contribution in [1.82, 2.24) is 15.5 Å². The number of nitrogens with one attached hydrogen (secondary N) is 2. The Balaban J connectivity index is 1.88. The molecule has 2 atom stereocenters. The Morgan fingerprint density at radius 3 is 2.62 bits per heavy atom. The maximum atomic E-state index is 11.9. The molecule has 0 aliphatic carbocycles. The highest BCUT2D eigenvalue weighted by molar-refractivity contribution is 7.91. The first-order chi connectivity index (χ1) is 12.1. The second-order valence-corrected chi connectivity index (χ2v) is 10.3. The lowest BCUT2D eigenvalue weighted by molar-refractivity contribution is 0.0507. The van der Waals surface area contributed by atoms with Gasteiger partial charge in [-0.15, -0.1) is 0 Å². The van der Waals surface area contributed by atoms with Crippen LogP contribution in [0.4, 0.5) is 4.79 Å². The molecule has 0 saturated carbocycles. The molecule has 2 rings (SSSR count). The van der Waals surface area contributed by atoms with Crippen LogP contribution in [-0.2, 0) is 14.6 Å². The van der Waals surface area contributed by atoms with E-state index in [4.69, 9.17) is 4.74 Å². The number of sulfone groups is 1. The van der Waals surface area contributed by atoms with Gasteiger partial charge in [-0.25, -0.2) is 13.2 Å². The lowest BCUT2D eigenvalue weighted by Gasteiger charge is -2.23. The van der Waals surface area contributed by atoms with Crippen molar-refractivity contribution in [2.45, 2.75) is 52.2 Å². The summed E-state index contributed by atoms with van der Waals surface area (Å²) < 4.78 is 28.5. The van der Waals surface area contributed by atoms with Crippen LogP contribution < -0.4 is 10.6 Å². The molecule has 9 heteroatoms. The SMILES string of the molecule is CCNC(=NCC1CCS(=O)(=O)C1)N1CCC(NC(=O)OC(C)(C)C)C1. The van der Waals surface area contributed by atoms with Gasteiger partial charge in [-0.1, -0.05) is 0 Å². The number of guanidine groups is 1. The molecule has 0 bridgehead atoms. The molecular weight excluding hydrogens is 356 g/mol. The number of likely N-dealkylation sites (tertiary alicyclic amines) is 1. The van der Waals surface area contributed by atoms with Gasteiger partial charge in [0.15, 0.2) is 15.8 Å². The molecule has 2 fully saturated rings. The van der Waals surface area contributed by atoms with Gasteiger partial charge in [0, 0.05) is 26.2 Å². The summed E-state index contributed by atoms with van der Waals surface area (Å²) in [4.78, 5) is 18.7. The van der Waals surface area contributed by atoms with Gasteiger partial charge in [-0.2, -0.15) is 0 Å². The quantitative estimate of drug-likeness (QED) is 0.550. The van der Waals surface area contributed by atoms with Gasteiger partial charge in [0.1, 0.15) is 5.60 Å². The molecule has 0 aromatic rings. The summed E-state index contributed by atoms with van der Waals surface area (Å²) in [5.41, 5.74) is -0.514. The van der Waals surface area contributed by atoms with Gasteiger partial charge < -0.3 is 20.3 Å². The number of carbonyl (C=O) groups is 1. The number of rotatable bonds is 4. The maximum Gasteiger partial charge on any atom is 0.407 e. The number of aliphatic imine (C=N–C) groups is 1. The molecule has 2 unspecified atom stereocenters. The Hall–Kier alpha value is -1.51. The van der Waals surface area contributed by atoms with Gasteiger partial charge in [0.25, 0.3) is 0 Å². The third-order valence-electron chi connectivity index (χ3n) is 4.37. The first-order valence-corrected chi connectivity index (χ1v) is 11.1. The molecule has 0 spiro atoms. The van der Waals surface area contributed by atoms with Crippen molar-refractivity contribution in [3.8, 4) is 0 Å². The Morgan fingerprint density at radius 2 is 2.04 bits per heavy atom. The number of alkyl carbamates (subject to hydrolysis) is 1.